The molecule has 2 atom stereocenters. The minimum Gasteiger partial charge on any atom is -0.353 e. The molecule has 1 aromatic heterocycles. The van der Waals surface area contributed by atoms with Crippen molar-refractivity contribution < 1.29 is 9.18 Å². The Kier molecular flexibility index (Phi) is 5.98. The van der Waals surface area contributed by atoms with Gasteiger partial charge in [0, 0.05) is 35.1 Å². The summed E-state index contributed by atoms with van der Waals surface area (Å²) >= 11 is 0. The third-order valence-corrected chi connectivity index (χ3v) is 6.25. The molecule has 29 heavy (non-hydrogen) atoms. The van der Waals surface area contributed by atoms with Gasteiger partial charge in [-0.1, -0.05) is 56.2 Å². The lowest BCUT2D eigenvalue weighted by Gasteiger charge is -2.29. The number of fused-ring (bicyclic) bond motifs is 1. The normalized spacial score (nSPS) is 19.4. The summed E-state index contributed by atoms with van der Waals surface area (Å²) in [5.41, 5.74) is 2.89. The van der Waals surface area contributed by atoms with E-state index in [-0.39, 0.29) is 11.7 Å². The smallest absolute Gasteiger partial charge is 0.220 e. The number of aromatic nitrogens is 1. The zero-order valence-corrected chi connectivity index (χ0v) is 17.0. The molecule has 3 aromatic rings. The topological polar surface area (TPSA) is 34.0 Å². The Bertz CT molecular complexity index is 993. The molecule has 1 aliphatic carbocycles. The van der Waals surface area contributed by atoms with Gasteiger partial charge in [0.05, 0.1) is 6.54 Å². The van der Waals surface area contributed by atoms with E-state index in [4.69, 9.17) is 0 Å². The van der Waals surface area contributed by atoms with E-state index in [0.717, 1.165) is 22.9 Å². The summed E-state index contributed by atoms with van der Waals surface area (Å²) in [6, 6.07) is 15.4. The van der Waals surface area contributed by atoms with Gasteiger partial charge in [-0.2, -0.15) is 0 Å². The summed E-state index contributed by atoms with van der Waals surface area (Å²) in [6.45, 7) is 2.72. The average molecular weight is 393 g/mol. The molecule has 3 nitrogen and oxygen atoms in total. The summed E-state index contributed by atoms with van der Waals surface area (Å²) in [5.74, 6) is 0.512. The van der Waals surface area contributed by atoms with Crippen molar-refractivity contribution in [3.63, 3.8) is 0 Å². The predicted octanol–water partition coefficient (Wildman–Crippen LogP) is 5.46. The van der Waals surface area contributed by atoms with Crippen molar-refractivity contribution >= 4 is 16.8 Å². The molecule has 152 valence electrons. The van der Waals surface area contributed by atoms with Gasteiger partial charge in [-0.05, 0) is 42.9 Å². The number of amides is 1. The number of hydrogen-bond donors (Lipinski definition) is 1. The number of rotatable bonds is 6. The molecule has 0 bridgehead atoms. The van der Waals surface area contributed by atoms with Gasteiger partial charge in [0.15, 0.2) is 0 Å². The van der Waals surface area contributed by atoms with Crippen molar-refractivity contribution in [2.75, 3.05) is 0 Å². The van der Waals surface area contributed by atoms with Crippen molar-refractivity contribution in [2.24, 2.45) is 5.92 Å². The zero-order valence-electron chi connectivity index (χ0n) is 17.0. The second-order valence-corrected chi connectivity index (χ2v) is 8.33. The summed E-state index contributed by atoms with van der Waals surface area (Å²) in [7, 11) is 0. The van der Waals surface area contributed by atoms with Crippen molar-refractivity contribution in [3.05, 3.63) is 71.7 Å². The first-order valence-electron chi connectivity index (χ1n) is 10.7. The van der Waals surface area contributed by atoms with Crippen LogP contribution in [0.4, 0.5) is 4.39 Å². The lowest BCUT2D eigenvalue weighted by atomic mass is 9.86. The Morgan fingerprint density at radius 2 is 1.83 bits per heavy atom. The maximum absolute atomic E-state index is 14.1. The van der Waals surface area contributed by atoms with Crippen LogP contribution in [0.15, 0.2) is 54.7 Å². The number of nitrogens with one attached hydrogen (secondary N) is 1. The second kappa shape index (κ2) is 8.81. The fraction of sp³-hybridized carbons (Fsp3) is 0.400. The highest BCUT2D eigenvalue weighted by atomic mass is 19.1. The molecule has 1 aliphatic rings. The molecule has 0 saturated heterocycles. The van der Waals surface area contributed by atoms with Crippen LogP contribution in [0.2, 0.25) is 0 Å². The Hall–Kier alpha value is -2.62. The van der Waals surface area contributed by atoms with Gasteiger partial charge in [0.1, 0.15) is 5.82 Å². The van der Waals surface area contributed by atoms with Crippen LogP contribution in [0.3, 0.4) is 0 Å². The Labute approximate surface area is 171 Å². The fourth-order valence-electron chi connectivity index (χ4n) is 4.52. The first-order chi connectivity index (χ1) is 14.1. The number of carbonyl (C=O) groups is 1. The van der Waals surface area contributed by atoms with Gasteiger partial charge in [-0.25, -0.2) is 4.39 Å². The van der Waals surface area contributed by atoms with Crippen LogP contribution >= 0.6 is 0 Å². The third kappa shape index (κ3) is 4.52. The highest BCUT2D eigenvalue weighted by Crippen LogP contribution is 2.25. The summed E-state index contributed by atoms with van der Waals surface area (Å²) in [5, 5.41) is 4.39. The average Bonchev–Trinajstić information content (AvgIpc) is 3.08. The molecule has 0 unspecified atom stereocenters. The highest BCUT2D eigenvalue weighted by Gasteiger charge is 2.22. The summed E-state index contributed by atoms with van der Waals surface area (Å²) < 4.78 is 16.2. The van der Waals surface area contributed by atoms with Crippen molar-refractivity contribution in [1.82, 2.24) is 9.88 Å². The number of nitrogens with zero attached hydrogens (tertiary/aromatic N) is 1. The predicted molar refractivity (Wildman–Crippen MR) is 115 cm³/mol. The first kappa shape index (κ1) is 19.7. The van der Waals surface area contributed by atoms with E-state index in [9.17, 15) is 9.18 Å². The van der Waals surface area contributed by atoms with E-state index < -0.39 is 0 Å². The molecule has 0 aliphatic heterocycles. The van der Waals surface area contributed by atoms with Gasteiger partial charge >= 0.3 is 0 Å². The second-order valence-electron chi connectivity index (χ2n) is 8.33. The molecule has 0 spiro atoms. The molecule has 2 aromatic carbocycles. The van der Waals surface area contributed by atoms with Gasteiger partial charge < -0.3 is 9.88 Å². The van der Waals surface area contributed by atoms with Crippen molar-refractivity contribution in [3.8, 4) is 0 Å². The van der Waals surface area contributed by atoms with E-state index in [0.29, 0.717) is 36.9 Å². The van der Waals surface area contributed by atoms with E-state index in [1.54, 1.807) is 6.07 Å². The van der Waals surface area contributed by atoms with Gasteiger partial charge in [-0.15, -0.1) is 0 Å². The van der Waals surface area contributed by atoms with E-state index in [1.807, 2.05) is 24.3 Å². The molecular formula is C25H29FN2O. The number of benzene rings is 2. The SMILES string of the molecule is C[C@@H]1CCCC[C@@H]1NC(=O)CCc1cn(Cc2ccccc2F)c2ccccc12. The van der Waals surface area contributed by atoms with Crippen LogP contribution in [0.1, 0.15) is 50.2 Å². The lowest BCUT2D eigenvalue weighted by molar-refractivity contribution is -0.122. The molecule has 1 fully saturated rings. The Morgan fingerprint density at radius 1 is 1.07 bits per heavy atom. The monoisotopic (exact) mass is 392 g/mol. The van der Waals surface area contributed by atoms with Crippen LogP contribution in [-0.2, 0) is 17.8 Å². The number of carbonyl (C=O) groups excluding carboxylic acids is 1. The summed E-state index contributed by atoms with van der Waals surface area (Å²) in [6.07, 6.45) is 8.03. The minimum atomic E-state index is -0.187. The standard InChI is InChI=1S/C25H29FN2O/c1-18-8-2-6-12-23(18)27-25(29)15-14-19-16-28(24-13-7-4-10-21(19)24)17-20-9-3-5-11-22(20)26/h3-5,7,9-11,13,16,18,23H,2,6,8,12,14-15,17H2,1H3,(H,27,29)/t18-,23+/m1/s1. The molecule has 1 saturated carbocycles. The maximum atomic E-state index is 14.1. The fourth-order valence-corrected chi connectivity index (χ4v) is 4.52. The van der Waals surface area contributed by atoms with E-state index >= 15 is 0 Å². The molecule has 1 amide bonds. The number of hydrogen-bond acceptors (Lipinski definition) is 1. The summed E-state index contributed by atoms with van der Waals surface area (Å²) in [4.78, 5) is 12.5. The van der Waals surface area contributed by atoms with E-state index in [2.05, 4.69) is 35.1 Å². The number of aryl methyl sites for hydroxylation is 1. The van der Waals surface area contributed by atoms with Crippen LogP contribution < -0.4 is 5.32 Å². The first-order valence-corrected chi connectivity index (χ1v) is 10.7. The molecular weight excluding hydrogens is 363 g/mol. The van der Waals surface area contributed by atoms with Crippen LogP contribution in [0.5, 0.6) is 0 Å². The van der Waals surface area contributed by atoms with Gasteiger partial charge in [0.25, 0.3) is 0 Å². The molecule has 4 heteroatoms. The maximum Gasteiger partial charge on any atom is 0.220 e. The van der Waals surface area contributed by atoms with Gasteiger partial charge in [-0.3, -0.25) is 4.79 Å². The quantitative estimate of drug-likeness (QED) is 0.594. The van der Waals surface area contributed by atoms with Crippen LogP contribution in [0, 0.1) is 11.7 Å². The van der Waals surface area contributed by atoms with Crippen molar-refractivity contribution in [1.29, 1.82) is 0 Å². The number of para-hydroxylation sites is 1. The van der Waals surface area contributed by atoms with Crippen LogP contribution in [0.25, 0.3) is 10.9 Å². The minimum absolute atomic E-state index is 0.134. The Balaban J connectivity index is 1.48. The molecule has 1 N–H and O–H groups in total. The molecule has 1 heterocycles. The lowest BCUT2D eigenvalue weighted by Crippen LogP contribution is -2.41. The zero-order chi connectivity index (χ0) is 20.2. The largest absolute Gasteiger partial charge is 0.353 e. The highest BCUT2D eigenvalue weighted by molar-refractivity contribution is 5.85. The Morgan fingerprint density at radius 3 is 2.66 bits per heavy atom. The van der Waals surface area contributed by atoms with Crippen LogP contribution in [-0.4, -0.2) is 16.5 Å². The van der Waals surface area contributed by atoms with Gasteiger partial charge in [0.2, 0.25) is 5.91 Å². The van der Waals surface area contributed by atoms with Crippen molar-refractivity contribution in [2.45, 2.75) is 58.0 Å². The third-order valence-electron chi connectivity index (χ3n) is 6.25. The molecule has 4 rings (SSSR count). The number of halogens is 1. The molecule has 0 radical (unpaired) electrons. The van der Waals surface area contributed by atoms with E-state index in [1.165, 1.54) is 25.3 Å².